The van der Waals surface area contributed by atoms with Crippen LogP contribution in [0.2, 0.25) is 0 Å². The molecule has 2 amide bonds. The zero-order chi connectivity index (χ0) is 30.7. The van der Waals surface area contributed by atoms with Crippen molar-refractivity contribution in [3.05, 3.63) is 23.8 Å². The van der Waals surface area contributed by atoms with E-state index in [0.717, 1.165) is 57.8 Å². The molecule has 0 aromatic heterocycles. The molecule has 4 rings (SSSR count). The Hall–Kier alpha value is -2.77. The molecule has 4 atom stereocenters. The maximum Gasteiger partial charge on any atom is 0.329 e. The average Bonchev–Trinajstić information content (AvgIpc) is 3.15. The quantitative estimate of drug-likeness (QED) is 0.247. The number of nitrogens with zero attached hydrogens (tertiary/aromatic N) is 1. The van der Waals surface area contributed by atoms with Gasteiger partial charge in [0.25, 0.3) is 0 Å². The average molecular weight is 585 g/mol. The van der Waals surface area contributed by atoms with Gasteiger partial charge in [-0.25, -0.2) is 4.79 Å². The number of benzene rings is 1. The Kier molecular flexibility index (Phi) is 10.1. The van der Waals surface area contributed by atoms with Gasteiger partial charge in [-0.05, 0) is 98.7 Å². The number of phenolic OH excluding ortho intramolecular Hbond substituents is 2. The Balaban J connectivity index is 1.44. The van der Waals surface area contributed by atoms with E-state index < -0.39 is 12.1 Å². The van der Waals surface area contributed by atoms with Crippen molar-refractivity contribution >= 4 is 17.8 Å². The zero-order valence-electron chi connectivity index (χ0n) is 26.3. The summed E-state index contributed by atoms with van der Waals surface area (Å²) in [5, 5.41) is 22.5. The molecule has 1 saturated heterocycles. The van der Waals surface area contributed by atoms with E-state index in [-0.39, 0.29) is 58.6 Å². The lowest BCUT2D eigenvalue weighted by Gasteiger charge is -2.41. The minimum atomic E-state index is -0.712. The third-order valence-corrected chi connectivity index (χ3v) is 11.0. The van der Waals surface area contributed by atoms with Crippen molar-refractivity contribution in [2.75, 3.05) is 6.54 Å². The number of piperidine rings is 1. The number of carbonyl (C=O) groups is 3. The fraction of sp³-hybridized carbons (Fsp3) is 0.735. The lowest BCUT2D eigenvalue weighted by molar-refractivity contribution is -0.163. The van der Waals surface area contributed by atoms with Crippen LogP contribution >= 0.6 is 0 Å². The van der Waals surface area contributed by atoms with Crippen molar-refractivity contribution < 1.29 is 29.3 Å². The van der Waals surface area contributed by atoms with Crippen molar-refractivity contribution in [2.45, 2.75) is 130 Å². The number of esters is 1. The molecule has 8 nitrogen and oxygen atoms in total. The SMILES string of the molecule is CC(CC1CCC(C)(C)C1(C)C)OC(=O)C1CCCCN1C(=O)C(NC(=O)Cc1ccc(O)c(O)c1)C1CCCCC1. The monoisotopic (exact) mass is 584 g/mol. The van der Waals surface area contributed by atoms with E-state index in [1.165, 1.54) is 18.6 Å². The van der Waals surface area contributed by atoms with Gasteiger partial charge in [-0.3, -0.25) is 9.59 Å². The highest BCUT2D eigenvalue weighted by molar-refractivity contribution is 5.91. The van der Waals surface area contributed by atoms with Crippen LogP contribution in [-0.2, 0) is 25.5 Å². The molecule has 42 heavy (non-hydrogen) atoms. The summed E-state index contributed by atoms with van der Waals surface area (Å²) in [5.41, 5.74) is 0.944. The lowest BCUT2D eigenvalue weighted by Crippen LogP contribution is -2.58. The van der Waals surface area contributed by atoms with Gasteiger partial charge in [0.1, 0.15) is 12.1 Å². The molecule has 1 aromatic carbocycles. The number of carbonyl (C=O) groups excluding carboxylic acids is 3. The molecule has 1 aliphatic heterocycles. The van der Waals surface area contributed by atoms with Crippen LogP contribution in [0.4, 0.5) is 0 Å². The molecule has 3 N–H and O–H groups in total. The van der Waals surface area contributed by atoms with Gasteiger partial charge in [0, 0.05) is 6.54 Å². The minimum Gasteiger partial charge on any atom is -0.504 e. The molecule has 2 aliphatic carbocycles. The summed E-state index contributed by atoms with van der Waals surface area (Å²) < 4.78 is 6.04. The predicted octanol–water partition coefficient (Wildman–Crippen LogP) is 5.87. The third kappa shape index (κ3) is 7.23. The van der Waals surface area contributed by atoms with Crippen LogP contribution < -0.4 is 5.32 Å². The summed E-state index contributed by atoms with van der Waals surface area (Å²) in [6.45, 7) is 11.7. The second-order valence-electron chi connectivity index (χ2n) is 14.3. The van der Waals surface area contributed by atoms with Crippen LogP contribution in [0.25, 0.3) is 0 Å². The van der Waals surface area contributed by atoms with Crippen LogP contribution in [0.5, 0.6) is 11.5 Å². The predicted molar refractivity (Wildman–Crippen MR) is 162 cm³/mol. The van der Waals surface area contributed by atoms with Crippen LogP contribution in [0.1, 0.15) is 111 Å². The first-order valence-corrected chi connectivity index (χ1v) is 16.1. The Labute approximate surface area is 251 Å². The molecule has 8 heteroatoms. The smallest absolute Gasteiger partial charge is 0.329 e. The Bertz CT molecular complexity index is 1130. The summed E-state index contributed by atoms with van der Waals surface area (Å²) in [5.74, 6) is -0.909. The topological polar surface area (TPSA) is 116 Å². The van der Waals surface area contributed by atoms with Crippen molar-refractivity contribution in [1.29, 1.82) is 0 Å². The van der Waals surface area contributed by atoms with E-state index in [4.69, 9.17) is 4.74 Å². The standard InChI is InChI=1S/C34H52N2O6/c1-22(19-25-16-17-33(2,3)34(25,4)5)42-32(41)26-13-9-10-18-36(26)31(40)30(24-11-7-6-8-12-24)35-29(39)21-23-14-15-27(37)28(38)20-23/h14-15,20,22,24-26,30,37-38H,6-13,16-19,21H2,1-5H3,(H,35,39). The van der Waals surface area contributed by atoms with Gasteiger partial charge in [0.15, 0.2) is 11.5 Å². The number of phenols is 2. The highest BCUT2D eigenvalue weighted by Crippen LogP contribution is 2.57. The van der Waals surface area contributed by atoms with E-state index in [2.05, 4.69) is 33.0 Å². The Morgan fingerprint density at radius 1 is 0.976 bits per heavy atom. The van der Waals surface area contributed by atoms with Crippen molar-refractivity contribution in [1.82, 2.24) is 10.2 Å². The van der Waals surface area contributed by atoms with Gasteiger partial charge in [0.2, 0.25) is 11.8 Å². The van der Waals surface area contributed by atoms with Crippen molar-refractivity contribution in [2.24, 2.45) is 22.7 Å². The summed E-state index contributed by atoms with van der Waals surface area (Å²) in [6, 6.07) is 2.94. The van der Waals surface area contributed by atoms with E-state index in [1.54, 1.807) is 11.0 Å². The number of aromatic hydroxyl groups is 2. The molecule has 0 radical (unpaired) electrons. The minimum absolute atomic E-state index is 0.00823. The Morgan fingerprint density at radius 3 is 2.31 bits per heavy atom. The number of amides is 2. The molecule has 2 saturated carbocycles. The van der Waals surface area contributed by atoms with Gasteiger partial charge in [0.05, 0.1) is 12.5 Å². The molecule has 234 valence electrons. The molecule has 1 heterocycles. The van der Waals surface area contributed by atoms with Crippen LogP contribution in [-0.4, -0.2) is 57.6 Å². The molecular formula is C34H52N2O6. The maximum atomic E-state index is 14.2. The molecule has 0 spiro atoms. The second kappa shape index (κ2) is 13.3. The highest BCUT2D eigenvalue weighted by Gasteiger charge is 2.49. The van der Waals surface area contributed by atoms with Gasteiger partial charge >= 0.3 is 5.97 Å². The number of ether oxygens (including phenoxy) is 1. The van der Waals surface area contributed by atoms with E-state index in [1.807, 2.05) is 6.92 Å². The van der Waals surface area contributed by atoms with Crippen LogP contribution in [0, 0.1) is 22.7 Å². The van der Waals surface area contributed by atoms with Gasteiger partial charge in [-0.15, -0.1) is 0 Å². The molecule has 0 bridgehead atoms. The fourth-order valence-corrected chi connectivity index (χ4v) is 7.47. The van der Waals surface area contributed by atoms with Gasteiger partial charge in [-0.2, -0.15) is 0 Å². The summed E-state index contributed by atoms with van der Waals surface area (Å²) >= 11 is 0. The lowest BCUT2D eigenvalue weighted by atomic mass is 9.66. The normalized spacial score (nSPS) is 25.4. The third-order valence-electron chi connectivity index (χ3n) is 11.0. The first-order chi connectivity index (χ1) is 19.8. The number of nitrogens with one attached hydrogen (secondary N) is 1. The Morgan fingerprint density at radius 2 is 1.67 bits per heavy atom. The largest absolute Gasteiger partial charge is 0.504 e. The summed E-state index contributed by atoms with van der Waals surface area (Å²) in [7, 11) is 0. The van der Waals surface area contributed by atoms with Gasteiger partial charge in [-0.1, -0.05) is 53.0 Å². The first kappa shape index (κ1) is 32.2. The van der Waals surface area contributed by atoms with Gasteiger partial charge < -0.3 is 25.2 Å². The van der Waals surface area contributed by atoms with E-state index >= 15 is 0 Å². The molecule has 1 aromatic rings. The van der Waals surface area contributed by atoms with Crippen LogP contribution in [0.3, 0.4) is 0 Å². The number of rotatable bonds is 9. The summed E-state index contributed by atoms with van der Waals surface area (Å²) in [4.78, 5) is 42.5. The number of hydrogen-bond acceptors (Lipinski definition) is 6. The van der Waals surface area contributed by atoms with E-state index in [9.17, 15) is 24.6 Å². The first-order valence-electron chi connectivity index (χ1n) is 16.1. The molecule has 4 unspecified atom stereocenters. The molecule has 3 fully saturated rings. The second-order valence-corrected chi connectivity index (χ2v) is 14.3. The van der Waals surface area contributed by atoms with Crippen LogP contribution in [0.15, 0.2) is 18.2 Å². The zero-order valence-corrected chi connectivity index (χ0v) is 26.3. The van der Waals surface area contributed by atoms with Crippen molar-refractivity contribution in [3.8, 4) is 11.5 Å². The summed E-state index contributed by atoms with van der Waals surface area (Å²) in [6.07, 6.45) is 9.92. The van der Waals surface area contributed by atoms with Crippen molar-refractivity contribution in [3.63, 3.8) is 0 Å². The number of hydrogen-bond donors (Lipinski definition) is 3. The highest BCUT2D eigenvalue weighted by atomic mass is 16.5. The maximum absolute atomic E-state index is 14.2. The van der Waals surface area contributed by atoms with E-state index in [0.29, 0.717) is 24.4 Å². The fourth-order valence-electron chi connectivity index (χ4n) is 7.47. The molecular weight excluding hydrogens is 532 g/mol. The number of likely N-dealkylation sites (tertiary alicyclic amines) is 1. The molecule has 3 aliphatic rings.